The molecule has 28 heavy (non-hydrogen) atoms. The summed E-state index contributed by atoms with van der Waals surface area (Å²) in [7, 11) is 1.70. The van der Waals surface area contributed by atoms with Crippen LogP contribution in [-0.4, -0.2) is 45.5 Å². The molecule has 8 nitrogen and oxygen atoms in total. The highest BCUT2D eigenvalue weighted by molar-refractivity contribution is 6.03. The third kappa shape index (κ3) is 3.07. The molecule has 0 amide bonds. The van der Waals surface area contributed by atoms with Crippen molar-refractivity contribution in [3.8, 4) is 17.0 Å². The van der Waals surface area contributed by atoms with E-state index in [0.29, 0.717) is 34.5 Å². The molecule has 0 radical (unpaired) electrons. The molecule has 0 fully saturated rings. The molecule has 2 heterocycles. The lowest BCUT2D eigenvalue weighted by Crippen LogP contribution is -2.20. The molecule has 0 bridgehead atoms. The molecule has 0 spiro atoms. The molecule has 0 saturated heterocycles. The van der Waals surface area contributed by atoms with Crippen LogP contribution in [-0.2, 0) is 6.42 Å². The number of rotatable bonds is 6. The summed E-state index contributed by atoms with van der Waals surface area (Å²) in [4.78, 5) is 41.4. The third-order valence-corrected chi connectivity index (χ3v) is 4.82. The Morgan fingerprint density at radius 3 is 2.54 bits per heavy atom. The molecule has 0 atom stereocenters. The van der Waals surface area contributed by atoms with Gasteiger partial charge in [-0.3, -0.25) is 9.59 Å². The van der Waals surface area contributed by atoms with Crippen LogP contribution >= 0.6 is 0 Å². The molecule has 2 aromatic heterocycles. The lowest BCUT2D eigenvalue weighted by atomic mass is 9.99. The number of fused-ring (bicyclic) bond motifs is 1. The van der Waals surface area contributed by atoms with Gasteiger partial charge in [0.2, 0.25) is 0 Å². The van der Waals surface area contributed by atoms with Crippen molar-refractivity contribution in [2.24, 2.45) is 0 Å². The van der Waals surface area contributed by atoms with Crippen molar-refractivity contribution in [2.45, 2.75) is 20.3 Å². The number of Topliss-reactive ketones (excluding diaryl/α,β-unsaturated/α-hetero) is 1. The Balaban J connectivity index is 2.21. The number of carbonyl (C=O) groups excluding carboxylic acids is 1. The summed E-state index contributed by atoms with van der Waals surface area (Å²) in [5.41, 5.74) is 1.80. The van der Waals surface area contributed by atoms with E-state index in [4.69, 9.17) is 0 Å². The Labute approximate surface area is 160 Å². The first-order chi connectivity index (χ1) is 13.3. The quantitative estimate of drug-likeness (QED) is 0.414. The van der Waals surface area contributed by atoms with Gasteiger partial charge in [0.15, 0.2) is 11.3 Å². The van der Waals surface area contributed by atoms with Gasteiger partial charge in [0.1, 0.15) is 5.75 Å². The topological polar surface area (TPSA) is 135 Å². The van der Waals surface area contributed by atoms with Crippen LogP contribution in [0.2, 0.25) is 0 Å². The van der Waals surface area contributed by atoms with E-state index in [1.807, 2.05) is 13.0 Å². The number of aromatic hydroxyl groups is 1. The highest BCUT2D eigenvalue weighted by atomic mass is 16.4. The zero-order valence-corrected chi connectivity index (χ0v) is 15.8. The maximum Gasteiger partial charge on any atom is 0.345 e. The number of aromatic carboxylic acids is 1. The lowest BCUT2D eigenvalue weighted by molar-refractivity contribution is 0.0691. The van der Waals surface area contributed by atoms with Gasteiger partial charge in [0.05, 0.1) is 17.9 Å². The van der Waals surface area contributed by atoms with E-state index < -0.39 is 22.8 Å². The predicted molar refractivity (Wildman–Crippen MR) is 105 cm³/mol. The van der Waals surface area contributed by atoms with Crippen LogP contribution < -0.4 is 10.9 Å². The molecule has 1 aromatic carbocycles. The molecule has 0 unspecified atom stereocenters. The minimum Gasteiger partial charge on any atom is -0.506 e. The smallest absolute Gasteiger partial charge is 0.345 e. The summed E-state index contributed by atoms with van der Waals surface area (Å²) >= 11 is 0. The zero-order chi connectivity index (χ0) is 20.6. The number of ketones is 1. The van der Waals surface area contributed by atoms with Gasteiger partial charge >= 0.3 is 5.97 Å². The van der Waals surface area contributed by atoms with E-state index in [1.54, 1.807) is 26.1 Å². The van der Waals surface area contributed by atoms with Gasteiger partial charge in [-0.1, -0.05) is 19.1 Å². The molecule has 3 aromatic rings. The van der Waals surface area contributed by atoms with E-state index in [-0.39, 0.29) is 12.3 Å². The van der Waals surface area contributed by atoms with Crippen molar-refractivity contribution in [3.05, 3.63) is 50.9 Å². The number of benzene rings is 1. The fourth-order valence-corrected chi connectivity index (χ4v) is 3.44. The largest absolute Gasteiger partial charge is 0.506 e. The summed E-state index contributed by atoms with van der Waals surface area (Å²) in [5.74, 6) is -2.08. The first-order valence-corrected chi connectivity index (χ1v) is 8.82. The van der Waals surface area contributed by atoms with Gasteiger partial charge < -0.3 is 25.5 Å². The van der Waals surface area contributed by atoms with Crippen molar-refractivity contribution in [2.75, 3.05) is 13.6 Å². The number of H-pyrrole nitrogens is 2. The van der Waals surface area contributed by atoms with Gasteiger partial charge in [-0.05, 0) is 32.0 Å². The second-order valence-corrected chi connectivity index (χ2v) is 6.53. The average molecular weight is 383 g/mol. The number of carboxylic acids is 1. The van der Waals surface area contributed by atoms with Gasteiger partial charge in [0.25, 0.3) is 5.56 Å². The highest BCUT2D eigenvalue weighted by Gasteiger charge is 2.22. The predicted octanol–water partition coefficient (Wildman–Crippen LogP) is 2.20. The van der Waals surface area contributed by atoms with Gasteiger partial charge in [-0.25, -0.2) is 4.79 Å². The van der Waals surface area contributed by atoms with Crippen LogP contribution in [0.1, 0.15) is 38.9 Å². The van der Waals surface area contributed by atoms with Crippen LogP contribution in [0.5, 0.6) is 5.75 Å². The summed E-state index contributed by atoms with van der Waals surface area (Å²) in [6, 6.07) is 5.36. The number of aromatic nitrogens is 2. The fourth-order valence-electron chi connectivity index (χ4n) is 3.44. The van der Waals surface area contributed by atoms with Gasteiger partial charge in [-0.15, -0.1) is 0 Å². The number of nitrogens with one attached hydrogen (secondary N) is 3. The highest BCUT2D eigenvalue weighted by Crippen LogP contribution is 2.32. The van der Waals surface area contributed by atoms with Crippen LogP contribution in [0, 0.1) is 6.92 Å². The summed E-state index contributed by atoms with van der Waals surface area (Å²) in [6.45, 7) is 3.82. The minimum atomic E-state index is -1.48. The number of hydrogen-bond donors (Lipinski definition) is 5. The Bertz CT molecular complexity index is 1160. The fraction of sp³-hybridized carbons (Fsp3) is 0.250. The van der Waals surface area contributed by atoms with Crippen LogP contribution in [0.4, 0.5) is 0 Å². The van der Waals surface area contributed by atoms with Crippen molar-refractivity contribution in [1.29, 1.82) is 0 Å². The molecule has 146 valence electrons. The van der Waals surface area contributed by atoms with Gasteiger partial charge in [-0.2, -0.15) is 0 Å². The first-order valence-electron chi connectivity index (χ1n) is 8.82. The second kappa shape index (κ2) is 7.32. The molecular weight excluding hydrogens is 362 g/mol. The van der Waals surface area contributed by atoms with Crippen molar-refractivity contribution >= 4 is 22.7 Å². The molecule has 0 aliphatic carbocycles. The average Bonchev–Trinajstić information content (AvgIpc) is 2.97. The Morgan fingerprint density at radius 2 is 1.93 bits per heavy atom. The maximum atomic E-state index is 12.3. The van der Waals surface area contributed by atoms with E-state index in [1.165, 1.54) is 0 Å². The minimum absolute atomic E-state index is 0.0659. The second-order valence-electron chi connectivity index (χ2n) is 6.53. The van der Waals surface area contributed by atoms with Crippen molar-refractivity contribution in [1.82, 2.24) is 15.3 Å². The number of aromatic amines is 2. The lowest BCUT2D eigenvalue weighted by Gasteiger charge is -2.12. The molecule has 8 heteroatoms. The monoisotopic (exact) mass is 383 g/mol. The van der Waals surface area contributed by atoms with Crippen LogP contribution in [0.25, 0.3) is 22.2 Å². The number of carboxylic acid groups (broad SMARTS) is 1. The number of likely N-dealkylation sites (N-methyl/N-ethyl adjacent to an activating group) is 1. The van der Waals surface area contributed by atoms with E-state index >= 15 is 0 Å². The molecule has 0 aliphatic rings. The summed E-state index contributed by atoms with van der Waals surface area (Å²) in [5, 5.41) is 23.2. The Hall–Kier alpha value is -3.39. The molecular formula is C20H21N3O5. The van der Waals surface area contributed by atoms with Gasteiger partial charge in [0, 0.05) is 22.0 Å². The molecule has 0 aliphatic heterocycles. The van der Waals surface area contributed by atoms with E-state index in [0.717, 1.165) is 10.9 Å². The SMILES string of the molecule is CCc1c(-c2ccc3c(C)c(C(=O)CNC)[nH]c3c2)[nH]c(=O)c(C(=O)O)c1O. The number of carbonyl (C=O) groups is 2. The Morgan fingerprint density at radius 1 is 1.21 bits per heavy atom. The normalized spacial score (nSPS) is 11.1. The Kier molecular flexibility index (Phi) is 5.06. The first kappa shape index (κ1) is 19.4. The van der Waals surface area contributed by atoms with Crippen LogP contribution in [0.3, 0.4) is 0 Å². The molecule has 3 rings (SSSR count). The van der Waals surface area contributed by atoms with Crippen molar-refractivity contribution in [3.63, 3.8) is 0 Å². The standard InChI is InChI=1S/C20H21N3O5/c1-4-11-17(23-19(26)15(18(11)25)20(27)28)10-5-6-12-9(2)16(14(24)8-21-3)22-13(12)7-10/h5-7,21-22H,4,8H2,1-3H3,(H,27,28)(H2,23,25,26). The van der Waals surface area contributed by atoms with Crippen LogP contribution in [0.15, 0.2) is 23.0 Å². The summed E-state index contributed by atoms with van der Waals surface area (Å²) < 4.78 is 0. The molecule has 5 N–H and O–H groups in total. The number of pyridine rings is 1. The number of aryl methyl sites for hydroxylation is 1. The third-order valence-electron chi connectivity index (χ3n) is 4.82. The summed E-state index contributed by atoms with van der Waals surface area (Å²) in [6.07, 6.45) is 0.325. The zero-order valence-electron chi connectivity index (χ0n) is 15.8. The number of hydrogen-bond acceptors (Lipinski definition) is 5. The van der Waals surface area contributed by atoms with E-state index in [2.05, 4.69) is 15.3 Å². The maximum absolute atomic E-state index is 12.3. The molecule has 0 saturated carbocycles. The van der Waals surface area contributed by atoms with Crippen molar-refractivity contribution < 1.29 is 19.8 Å². The van der Waals surface area contributed by atoms with E-state index in [9.17, 15) is 24.6 Å².